The van der Waals surface area contributed by atoms with E-state index in [4.69, 9.17) is 0 Å². The Labute approximate surface area is 160 Å². The number of rotatable bonds is 6. The molecule has 0 amide bonds. The number of hydrogen-bond donors (Lipinski definition) is 2. The van der Waals surface area contributed by atoms with Gasteiger partial charge in [-0.2, -0.15) is 13.2 Å². The summed E-state index contributed by atoms with van der Waals surface area (Å²) in [6.45, 7) is 7.19. The summed E-state index contributed by atoms with van der Waals surface area (Å²) in [5.74, 6) is 0.381. The van der Waals surface area contributed by atoms with Crippen LogP contribution in [0, 0.1) is 19.8 Å². The Bertz CT molecular complexity index is 753. The Hall–Kier alpha value is -1.28. The molecule has 27 heavy (non-hydrogen) atoms. The van der Waals surface area contributed by atoms with E-state index in [1.54, 1.807) is 20.8 Å². The van der Waals surface area contributed by atoms with Crippen LogP contribution in [0.5, 0.6) is 0 Å². The Morgan fingerprint density at radius 2 is 1.67 bits per heavy atom. The molecule has 2 N–H and O–H groups in total. The first-order valence-electron chi connectivity index (χ1n) is 9.34. The van der Waals surface area contributed by atoms with E-state index in [1.807, 2.05) is 0 Å². The van der Waals surface area contributed by atoms with Crippen molar-refractivity contribution in [3.05, 3.63) is 28.8 Å². The van der Waals surface area contributed by atoms with Gasteiger partial charge in [-0.1, -0.05) is 0 Å². The Morgan fingerprint density at radius 3 is 2.19 bits per heavy atom. The van der Waals surface area contributed by atoms with E-state index < -0.39 is 27.0 Å². The van der Waals surface area contributed by atoms with Crippen molar-refractivity contribution in [1.82, 2.24) is 4.72 Å². The van der Waals surface area contributed by atoms with E-state index in [0.29, 0.717) is 18.0 Å². The highest BCUT2D eigenvalue weighted by molar-refractivity contribution is 7.90. The highest BCUT2D eigenvalue weighted by atomic mass is 32.2. The van der Waals surface area contributed by atoms with Gasteiger partial charge in [-0.15, -0.1) is 0 Å². The molecule has 1 saturated carbocycles. The summed E-state index contributed by atoms with van der Waals surface area (Å²) in [7, 11) is -3.25. The lowest BCUT2D eigenvalue weighted by atomic mass is 9.86. The van der Waals surface area contributed by atoms with E-state index in [0.717, 1.165) is 37.4 Å². The van der Waals surface area contributed by atoms with E-state index in [2.05, 4.69) is 10.0 Å². The molecule has 0 bridgehead atoms. The maximum Gasteiger partial charge on any atom is 0.416 e. The first kappa shape index (κ1) is 22.0. The van der Waals surface area contributed by atoms with Gasteiger partial charge in [0.25, 0.3) is 0 Å². The maximum atomic E-state index is 13.0. The van der Waals surface area contributed by atoms with Crippen LogP contribution in [0.1, 0.15) is 56.2 Å². The third kappa shape index (κ3) is 5.60. The fraction of sp³-hybridized carbons (Fsp3) is 0.684. The predicted octanol–water partition coefficient (Wildman–Crippen LogP) is 4.62. The molecule has 1 fully saturated rings. The quantitative estimate of drug-likeness (QED) is 0.725. The van der Waals surface area contributed by atoms with Crippen LogP contribution in [0.3, 0.4) is 0 Å². The van der Waals surface area contributed by atoms with Gasteiger partial charge in [-0.3, -0.25) is 0 Å². The van der Waals surface area contributed by atoms with Crippen molar-refractivity contribution in [2.45, 2.75) is 70.8 Å². The maximum absolute atomic E-state index is 13.0. The lowest BCUT2D eigenvalue weighted by Crippen LogP contribution is -2.41. The van der Waals surface area contributed by atoms with Crippen LogP contribution in [0.15, 0.2) is 12.1 Å². The molecule has 0 aromatic heterocycles. The molecule has 1 aromatic rings. The van der Waals surface area contributed by atoms with Crippen molar-refractivity contribution in [3.63, 3.8) is 0 Å². The summed E-state index contributed by atoms with van der Waals surface area (Å²) in [5.41, 5.74) is 0.995. The number of benzene rings is 1. The molecule has 154 valence electrons. The van der Waals surface area contributed by atoms with Crippen molar-refractivity contribution in [2.75, 3.05) is 11.9 Å². The van der Waals surface area contributed by atoms with Crippen LogP contribution < -0.4 is 10.0 Å². The van der Waals surface area contributed by atoms with Crippen LogP contribution in [0.25, 0.3) is 0 Å². The normalized spacial score (nSPS) is 21.5. The summed E-state index contributed by atoms with van der Waals surface area (Å²) in [4.78, 5) is 0. The minimum atomic E-state index is -4.34. The molecular weight excluding hydrogens is 377 g/mol. The van der Waals surface area contributed by atoms with Gasteiger partial charge in [-0.25, -0.2) is 13.1 Å². The zero-order valence-corrected chi connectivity index (χ0v) is 17.1. The van der Waals surface area contributed by atoms with Crippen molar-refractivity contribution < 1.29 is 21.6 Å². The number of nitrogens with one attached hydrogen (secondary N) is 2. The van der Waals surface area contributed by atoms with Crippen LogP contribution in [0.2, 0.25) is 0 Å². The summed E-state index contributed by atoms with van der Waals surface area (Å²) in [6.07, 6.45) is -1.00. The number of sulfonamides is 1. The Kier molecular flexibility index (Phi) is 6.84. The third-order valence-electron chi connectivity index (χ3n) is 5.47. The van der Waals surface area contributed by atoms with E-state index >= 15 is 0 Å². The van der Waals surface area contributed by atoms with Gasteiger partial charge in [0.2, 0.25) is 10.0 Å². The molecule has 0 heterocycles. The van der Waals surface area contributed by atoms with E-state index in [9.17, 15) is 21.6 Å². The third-order valence-corrected chi connectivity index (χ3v) is 7.38. The molecular formula is C19H29F3N2O2S. The zero-order chi connectivity index (χ0) is 20.4. The second-order valence-electron chi connectivity index (χ2n) is 7.72. The minimum Gasteiger partial charge on any atom is -0.385 e. The second-order valence-corrected chi connectivity index (χ2v) is 9.99. The summed E-state index contributed by atoms with van der Waals surface area (Å²) < 4.78 is 65.6. The van der Waals surface area contributed by atoms with Gasteiger partial charge in [-0.05, 0) is 82.6 Å². The Morgan fingerprint density at radius 1 is 1.07 bits per heavy atom. The Balaban J connectivity index is 1.90. The average molecular weight is 407 g/mol. The average Bonchev–Trinajstić information content (AvgIpc) is 2.56. The molecule has 8 heteroatoms. The highest BCUT2D eigenvalue weighted by Crippen LogP contribution is 2.35. The zero-order valence-electron chi connectivity index (χ0n) is 16.3. The van der Waals surface area contributed by atoms with E-state index in [-0.39, 0.29) is 11.6 Å². The van der Waals surface area contributed by atoms with Crippen molar-refractivity contribution in [2.24, 2.45) is 5.92 Å². The summed E-state index contributed by atoms with van der Waals surface area (Å²) in [6, 6.07) is 2.60. The van der Waals surface area contributed by atoms with Crippen LogP contribution in [0.4, 0.5) is 18.9 Å². The van der Waals surface area contributed by atoms with Crippen molar-refractivity contribution >= 4 is 15.7 Å². The van der Waals surface area contributed by atoms with Gasteiger partial charge in [0.15, 0.2) is 0 Å². The van der Waals surface area contributed by atoms with Crippen molar-refractivity contribution in [1.29, 1.82) is 0 Å². The molecule has 1 aliphatic carbocycles. The lowest BCUT2D eigenvalue weighted by Gasteiger charge is -2.30. The first-order chi connectivity index (χ1) is 12.4. The second kappa shape index (κ2) is 8.39. The standard InChI is InChI=1S/C19H29F3N2O2S/c1-12(2)27(25,26)24-16-7-5-15(6-8-16)11-23-18-10-9-17(19(20,21)22)13(3)14(18)4/h9-10,12,15-16,23-24H,5-8,11H2,1-4H3. The number of alkyl halides is 3. The molecule has 1 aliphatic rings. The van der Waals surface area contributed by atoms with Gasteiger partial charge in [0.05, 0.1) is 10.8 Å². The molecule has 0 spiro atoms. The molecule has 0 radical (unpaired) electrons. The van der Waals surface area contributed by atoms with Crippen LogP contribution >= 0.6 is 0 Å². The van der Waals surface area contributed by atoms with Crippen LogP contribution in [-0.4, -0.2) is 26.3 Å². The topological polar surface area (TPSA) is 58.2 Å². The molecule has 0 saturated heterocycles. The number of anilines is 1. The van der Waals surface area contributed by atoms with Gasteiger partial charge in [0, 0.05) is 18.3 Å². The van der Waals surface area contributed by atoms with Gasteiger partial charge in [0.1, 0.15) is 0 Å². The SMILES string of the molecule is Cc1c(NCC2CCC(NS(=O)(=O)C(C)C)CC2)ccc(C(F)(F)F)c1C. The molecule has 0 unspecified atom stereocenters. The molecule has 1 aromatic carbocycles. The van der Waals surface area contributed by atoms with Gasteiger partial charge >= 0.3 is 6.18 Å². The lowest BCUT2D eigenvalue weighted by molar-refractivity contribution is -0.138. The van der Waals surface area contributed by atoms with Gasteiger partial charge < -0.3 is 5.32 Å². The smallest absolute Gasteiger partial charge is 0.385 e. The fourth-order valence-electron chi connectivity index (χ4n) is 3.43. The van der Waals surface area contributed by atoms with Crippen LogP contribution in [-0.2, 0) is 16.2 Å². The molecule has 4 nitrogen and oxygen atoms in total. The summed E-state index contributed by atoms with van der Waals surface area (Å²) >= 11 is 0. The first-order valence-corrected chi connectivity index (χ1v) is 10.9. The minimum absolute atomic E-state index is 0.0244. The fourth-order valence-corrected chi connectivity index (χ4v) is 4.40. The number of halogens is 3. The highest BCUT2D eigenvalue weighted by Gasteiger charge is 2.33. The monoisotopic (exact) mass is 406 g/mol. The largest absolute Gasteiger partial charge is 0.416 e. The summed E-state index contributed by atoms with van der Waals surface area (Å²) in [5, 5.41) is 2.84. The molecule has 2 rings (SSSR count). The number of hydrogen-bond acceptors (Lipinski definition) is 3. The molecule has 0 aliphatic heterocycles. The van der Waals surface area contributed by atoms with Crippen molar-refractivity contribution in [3.8, 4) is 0 Å². The van der Waals surface area contributed by atoms with E-state index in [1.165, 1.54) is 13.0 Å². The molecule has 0 atom stereocenters. The predicted molar refractivity (Wildman–Crippen MR) is 102 cm³/mol.